The van der Waals surface area contributed by atoms with Crippen LogP contribution in [0.15, 0.2) is 24.3 Å². The van der Waals surface area contributed by atoms with Crippen LogP contribution < -0.4 is 16.2 Å². The van der Waals surface area contributed by atoms with Crippen LogP contribution in [-0.2, 0) is 16.6 Å². The molecule has 0 aliphatic carbocycles. The van der Waals surface area contributed by atoms with Gasteiger partial charge in [0, 0.05) is 12.7 Å². The van der Waals surface area contributed by atoms with Crippen molar-refractivity contribution >= 4 is 23.3 Å². The fourth-order valence-corrected chi connectivity index (χ4v) is 2.27. The maximum Gasteiger partial charge on any atom is 0.327 e. The molecule has 0 fully saturated rings. The summed E-state index contributed by atoms with van der Waals surface area (Å²) in [6, 6.07) is 9.30. The van der Waals surface area contributed by atoms with Gasteiger partial charge in [-0.05, 0) is 30.5 Å². The number of aryl methyl sites for hydroxylation is 2. The first-order valence-corrected chi connectivity index (χ1v) is 7.74. The van der Waals surface area contributed by atoms with Crippen LogP contribution in [0.25, 0.3) is 0 Å². The minimum absolute atomic E-state index is 0.299. The van der Waals surface area contributed by atoms with Crippen LogP contribution >= 0.6 is 0 Å². The summed E-state index contributed by atoms with van der Waals surface area (Å²) in [7, 11) is 1.62. The summed E-state index contributed by atoms with van der Waals surface area (Å²) in [4.78, 5) is 24.0. The van der Waals surface area contributed by atoms with Gasteiger partial charge in [-0.15, -0.1) is 0 Å². The standard InChI is InChI=1S/C17H20N6O2/c1-10(2)12-6-5-7-13(8-12)19-16(24)17(25)21-20-15-14(9-18)11(3)22-23(15)4/h5-8,10,20H,1-4H3,(H,19,24)(H,21,25). The van der Waals surface area contributed by atoms with E-state index < -0.39 is 11.8 Å². The zero-order valence-electron chi connectivity index (χ0n) is 14.5. The second kappa shape index (κ2) is 7.49. The number of nitrogens with one attached hydrogen (secondary N) is 3. The number of amides is 2. The summed E-state index contributed by atoms with van der Waals surface area (Å²) < 4.78 is 1.41. The highest BCUT2D eigenvalue weighted by Gasteiger charge is 2.17. The molecule has 0 aliphatic heterocycles. The van der Waals surface area contributed by atoms with Crippen molar-refractivity contribution in [2.45, 2.75) is 26.7 Å². The smallest absolute Gasteiger partial charge is 0.318 e. The highest BCUT2D eigenvalue weighted by Crippen LogP contribution is 2.18. The predicted molar refractivity (Wildman–Crippen MR) is 93.6 cm³/mol. The Morgan fingerprint density at radius 1 is 1.28 bits per heavy atom. The van der Waals surface area contributed by atoms with Crippen LogP contribution in [0.4, 0.5) is 11.5 Å². The number of hydrogen-bond acceptors (Lipinski definition) is 5. The summed E-state index contributed by atoms with van der Waals surface area (Å²) in [5.41, 5.74) is 7.26. The molecule has 8 heteroatoms. The Balaban J connectivity index is 2.01. The molecule has 2 amide bonds. The first-order valence-electron chi connectivity index (χ1n) is 7.74. The van der Waals surface area contributed by atoms with E-state index in [1.807, 2.05) is 38.1 Å². The Bertz CT molecular complexity index is 847. The van der Waals surface area contributed by atoms with Gasteiger partial charge in [0.15, 0.2) is 5.82 Å². The first-order chi connectivity index (χ1) is 11.8. The molecule has 0 spiro atoms. The van der Waals surface area contributed by atoms with Crippen LogP contribution in [-0.4, -0.2) is 21.6 Å². The van der Waals surface area contributed by atoms with Gasteiger partial charge < -0.3 is 5.32 Å². The summed E-state index contributed by atoms with van der Waals surface area (Å²) in [5, 5.41) is 15.7. The van der Waals surface area contributed by atoms with Crippen molar-refractivity contribution in [1.82, 2.24) is 15.2 Å². The van der Waals surface area contributed by atoms with Crippen molar-refractivity contribution in [2.24, 2.45) is 7.05 Å². The molecule has 0 aliphatic rings. The van der Waals surface area contributed by atoms with E-state index in [-0.39, 0.29) is 0 Å². The second-order valence-electron chi connectivity index (χ2n) is 5.86. The number of nitriles is 1. The Labute approximate surface area is 145 Å². The largest absolute Gasteiger partial charge is 0.327 e. The molecule has 0 radical (unpaired) electrons. The number of hydrazine groups is 1. The third-order valence-corrected chi connectivity index (χ3v) is 3.65. The Morgan fingerprint density at radius 3 is 2.64 bits per heavy atom. The van der Waals surface area contributed by atoms with Gasteiger partial charge in [0.25, 0.3) is 0 Å². The highest BCUT2D eigenvalue weighted by molar-refractivity contribution is 6.39. The van der Waals surface area contributed by atoms with Crippen molar-refractivity contribution in [3.8, 4) is 6.07 Å². The topological polar surface area (TPSA) is 112 Å². The lowest BCUT2D eigenvalue weighted by atomic mass is 10.0. The van der Waals surface area contributed by atoms with Crippen LogP contribution in [0.3, 0.4) is 0 Å². The Morgan fingerprint density at radius 2 is 2.00 bits per heavy atom. The molecule has 25 heavy (non-hydrogen) atoms. The third-order valence-electron chi connectivity index (χ3n) is 3.65. The van der Waals surface area contributed by atoms with Crippen molar-refractivity contribution in [1.29, 1.82) is 5.26 Å². The van der Waals surface area contributed by atoms with Gasteiger partial charge in [-0.25, -0.2) is 0 Å². The molecule has 0 saturated heterocycles. The molecule has 0 bridgehead atoms. The zero-order valence-corrected chi connectivity index (χ0v) is 14.5. The van der Waals surface area contributed by atoms with E-state index >= 15 is 0 Å². The van der Waals surface area contributed by atoms with Crippen molar-refractivity contribution in [2.75, 3.05) is 10.7 Å². The molecule has 1 aromatic carbocycles. The molecular formula is C17H20N6O2. The highest BCUT2D eigenvalue weighted by atomic mass is 16.2. The number of rotatable bonds is 4. The Hall–Kier alpha value is -3.34. The second-order valence-corrected chi connectivity index (χ2v) is 5.86. The maximum atomic E-state index is 12.0. The van der Waals surface area contributed by atoms with Crippen LogP contribution in [0.5, 0.6) is 0 Å². The predicted octanol–water partition coefficient (Wildman–Crippen LogP) is 1.81. The van der Waals surface area contributed by atoms with Gasteiger partial charge in [-0.2, -0.15) is 10.4 Å². The summed E-state index contributed by atoms with van der Waals surface area (Å²) in [5.74, 6) is -1.07. The number of benzene rings is 1. The van der Waals surface area contributed by atoms with Gasteiger partial charge in [0.1, 0.15) is 11.6 Å². The number of anilines is 2. The molecule has 1 heterocycles. The monoisotopic (exact) mass is 340 g/mol. The lowest BCUT2D eigenvalue weighted by Crippen LogP contribution is -2.39. The normalized spacial score (nSPS) is 10.2. The molecule has 2 aromatic rings. The van der Waals surface area contributed by atoms with E-state index in [2.05, 4.69) is 21.3 Å². The molecule has 130 valence electrons. The van der Waals surface area contributed by atoms with Crippen LogP contribution in [0, 0.1) is 18.3 Å². The minimum atomic E-state index is -0.877. The first kappa shape index (κ1) is 18.0. The van der Waals surface area contributed by atoms with Crippen molar-refractivity contribution in [3.05, 3.63) is 41.1 Å². The fourth-order valence-electron chi connectivity index (χ4n) is 2.27. The fraction of sp³-hybridized carbons (Fsp3) is 0.294. The minimum Gasteiger partial charge on any atom is -0.318 e. The van der Waals surface area contributed by atoms with Gasteiger partial charge >= 0.3 is 11.8 Å². The van der Waals surface area contributed by atoms with Crippen molar-refractivity contribution < 1.29 is 9.59 Å². The van der Waals surface area contributed by atoms with E-state index in [4.69, 9.17) is 5.26 Å². The van der Waals surface area contributed by atoms with Gasteiger partial charge in [-0.3, -0.25) is 25.1 Å². The maximum absolute atomic E-state index is 12.0. The lowest BCUT2D eigenvalue weighted by Gasteiger charge is -2.11. The van der Waals surface area contributed by atoms with Gasteiger partial charge in [0.2, 0.25) is 0 Å². The summed E-state index contributed by atoms with van der Waals surface area (Å²) in [6.45, 7) is 5.76. The number of hydrogen-bond donors (Lipinski definition) is 3. The average Bonchev–Trinajstić information content (AvgIpc) is 2.85. The molecule has 8 nitrogen and oxygen atoms in total. The molecule has 2 rings (SSSR count). The van der Waals surface area contributed by atoms with Gasteiger partial charge in [-0.1, -0.05) is 26.0 Å². The summed E-state index contributed by atoms with van der Waals surface area (Å²) >= 11 is 0. The van der Waals surface area contributed by atoms with E-state index in [0.29, 0.717) is 28.7 Å². The quantitative estimate of drug-likeness (QED) is 0.580. The molecule has 1 aromatic heterocycles. The average molecular weight is 340 g/mol. The molecule has 0 atom stereocenters. The number of nitrogens with zero attached hydrogens (tertiary/aromatic N) is 3. The molecule has 3 N–H and O–H groups in total. The van der Waals surface area contributed by atoms with E-state index in [9.17, 15) is 9.59 Å². The molecule has 0 saturated carbocycles. The van der Waals surface area contributed by atoms with E-state index in [1.54, 1.807) is 20.0 Å². The number of carbonyl (C=O) groups is 2. The van der Waals surface area contributed by atoms with E-state index in [1.165, 1.54) is 4.68 Å². The lowest BCUT2D eigenvalue weighted by molar-refractivity contribution is -0.135. The number of aromatic nitrogens is 2. The van der Waals surface area contributed by atoms with E-state index in [0.717, 1.165) is 5.56 Å². The van der Waals surface area contributed by atoms with Gasteiger partial charge in [0.05, 0.1) is 5.69 Å². The van der Waals surface area contributed by atoms with Crippen LogP contribution in [0.2, 0.25) is 0 Å². The Kier molecular flexibility index (Phi) is 5.39. The zero-order chi connectivity index (χ0) is 18.6. The molecular weight excluding hydrogens is 320 g/mol. The van der Waals surface area contributed by atoms with Crippen LogP contribution in [0.1, 0.15) is 36.6 Å². The third kappa shape index (κ3) is 4.14. The summed E-state index contributed by atoms with van der Waals surface area (Å²) in [6.07, 6.45) is 0. The number of carbonyl (C=O) groups excluding carboxylic acids is 2. The SMILES string of the molecule is Cc1nn(C)c(NNC(=O)C(=O)Nc2cccc(C(C)C)c2)c1C#N. The van der Waals surface area contributed by atoms with Crippen molar-refractivity contribution in [3.63, 3.8) is 0 Å². The molecule has 0 unspecified atom stereocenters.